The second-order valence-corrected chi connectivity index (χ2v) is 3.98. The summed E-state index contributed by atoms with van der Waals surface area (Å²) in [5.41, 5.74) is 2.10. The van der Waals surface area contributed by atoms with E-state index in [1.165, 1.54) is 0 Å². The van der Waals surface area contributed by atoms with Gasteiger partial charge in [-0.2, -0.15) is 5.10 Å². The van der Waals surface area contributed by atoms with Crippen LogP contribution < -0.4 is 0 Å². The summed E-state index contributed by atoms with van der Waals surface area (Å²) in [6.45, 7) is 3.67. The van der Waals surface area contributed by atoms with Crippen molar-refractivity contribution in [1.29, 1.82) is 0 Å². The fourth-order valence-electron chi connectivity index (χ4n) is 1.57. The molecule has 0 fully saturated rings. The Bertz CT molecular complexity index is 376. The van der Waals surface area contributed by atoms with E-state index in [9.17, 15) is 4.79 Å². The van der Waals surface area contributed by atoms with Gasteiger partial charge in [-0.05, 0) is 6.92 Å². The van der Waals surface area contributed by atoms with E-state index < -0.39 is 5.97 Å². The number of carboxylic acid groups (broad SMARTS) is 1. The molecule has 0 aromatic carbocycles. The molecule has 0 aliphatic heterocycles. The highest BCUT2D eigenvalue weighted by Gasteiger charge is 2.13. The first-order valence-corrected chi connectivity index (χ1v) is 5.45. The number of ether oxygens (including phenoxy) is 1. The maximum Gasteiger partial charge on any atom is 0.317 e. The van der Waals surface area contributed by atoms with Gasteiger partial charge in [-0.3, -0.25) is 14.4 Å². The Hall–Kier alpha value is -1.40. The standard InChI is InChI=1S/C11H19N3O3/c1-9-10(6-12-13(9)2)7-14(4-5-17-3)8-11(15)16/h6H,4-5,7-8H2,1-3H3,(H,15,16). The fourth-order valence-corrected chi connectivity index (χ4v) is 1.57. The number of carbonyl (C=O) groups is 1. The van der Waals surface area contributed by atoms with Crippen molar-refractivity contribution in [3.8, 4) is 0 Å². The van der Waals surface area contributed by atoms with E-state index >= 15 is 0 Å². The van der Waals surface area contributed by atoms with Crippen molar-refractivity contribution in [1.82, 2.24) is 14.7 Å². The minimum atomic E-state index is -0.831. The van der Waals surface area contributed by atoms with Gasteiger partial charge in [0.15, 0.2) is 0 Å². The molecule has 1 rings (SSSR count). The van der Waals surface area contributed by atoms with Gasteiger partial charge < -0.3 is 9.84 Å². The molecule has 96 valence electrons. The Morgan fingerprint density at radius 1 is 1.65 bits per heavy atom. The Labute approximate surface area is 101 Å². The lowest BCUT2D eigenvalue weighted by atomic mass is 10.2. The Balaban J connectivity index is 2.64. The maximum absolute atomic E-state index is 10.7. The van der Waals surface area contributed by atoms with Crippen LogP contribution in [0.5, 0.6) is 0 Å². The SMILES string of the molecule is COCCN(CC(=O)O)Cc1cnn(C)c1C. The first-order valence-electron chi connectivity index (χ1n) is 5.45. The molecule has 17 heavy (non-hydrogen) atoms. The number of carboxylic acids is 1. The summed E-state index contributed by atoms with van der Waals surface area (Å²) < 4.78 is 6.75. The van der Waals surface area contributed by atoms with Gasteiger partial charge in [0.25, 0.3) is 0 Å². The topological polar surface area (TPSA) is 67.6 Å². The van der Waals surface area contributed by atoms with Crippen molar-refractivity contribution in [3.63, 3.8) is 0 Å². The summed E-state index contributed by atoms with van der Waals surface area (Å²) in [6, 6.07) is 0. The van der Waals surface area contributed by atoms with E-state index in [-0.39, 0.29) is 6.54 Å². The van der Waals surface area contributed by atoms with Gasteiger partial charge in [0.05, 0.1) is 19.3 Å². The van der Waals surface area contributed by atoms with Crippen LogP contribution in [0.25, 0.3) is 0 Å². The summed E-state index contributed by atoms with van der Waals surface area (Å²) in [6.07, 6.45) is 1.77. The van der Waals surface area contributed by atoms with Crippen LogP contribution in [0.3, 0.4) is 0 Å². The molecule has 1 aromatic heterocycles. The van der Waals surface area contributed by atoms with E-state index in [2.05, 4.69) is 5.10 Å². The van der Waals surface area contributed by atoms with Crippen LogP contribution in [-0.2, 0) is 23.1 Å². The average molecular weight is 241 g/mol. The lowest BCUT2D eigenvalue weighted by Gasteiger charge is -2.19. The minimum absolute atomic E-state index is 0.0116. The third kappa shape index (κ3) is 4.16. The first kappa shape index (κ1) is 13.7. The summed E-state index contributed by atoms with van der Waals surface area (Å²) in [5.74, 6) is -0.831. The van der Waals surface area contributed by atoms with Gasteiger partial charge in [0.2, 0.25) is 0 Å². The zero-order valence-corrected chi connectivity index (χ0v) is 10.5. The molecular formula is C11H19N3O3. The lowest BCUT2D eigenvalue weighted by Crippen LogP contribution is -2.32. The Morgan fingerprint density at radius 2 is 2.35 bits per heavy atom. The zero-order valence-electron chi connectivity index (χ0n) is 10.5. The van der Waals surface area contributed by atoms with Crippen LogP contribution in [0.1, 0.15) is 11.3 Å². The van der Waals surface area contributed by atoms with Gasteiger partial charge >= 0.3 is 5.97 Å². The third-order valence-electron chi connectivity index (χ3n) is 2.70. The van der Waals surface area contributed by atoms with E-state index in [1.54, 1.807) is 18.0 Å². The maximum atomic E-state index is 10.7. The number of hydrogen-bond donors (Lipinski definition) is 1. The Morgan fingerprint density at radius 3 is 2.82 bits per heavy atom. The summed E-state index contributed by atoms with van der Waals surface area (Å²) >= 11 is 0. The molecule has 0 saturated carbocycles. The number of nitrogens with zero attached hydrogens (tertiary/aromatic N) is 3. The number of aromatic nitrogens is 2. The molecule has 0 amide bonds. The van der Waals surface area contributed by atoms with Crippen molar-refractivity contribution in [2.75, 3.05) is 26.8 Å². The summed E-state index contributed by atoms with van der Waals surface area (Å²) in [4.78, 5) is 12.6. The fraction of sp³-hybridized carbons (Fsp3) is 0.636. The van der Waals surface area contributed by atoms with Crippen molar-refractivity contribution >= 4 is 5.97 Å². The van der Waals surface area contributed by atoms with E-state index in [1.807, 2.05) is 18.9 Å². The molecule has 1 N–H and O–H groups in total. The summed E-state index contributed by atoms with van der Waals surface area (Å²) in [5, 5.41) is 13.0. The van der Waals surface area contributed by atoms with E-state index in [0.29, 0.717) is 19.7 Å². The minimum Gasteiger partial charge on any atom is -0.480 e. The highest BCUT2D eigenvalue weighted by atomic mass is 16.5. The van der Waals surface area contributed by atoms with Gasteiger partial charge in [0.1, 0.15) is 0 Å². The zero-order chi connectivity index (χ0) is 12.8. The van der Waals surface area contributed by atoms with Gasteiger partial charge in [0, 0.05) is 38.5 Å². The molecule has 0 spiro atoms. The monoisotopic (exact) mass is 241 g/mol. The molecule has 0 aliphatic carbocycles. The average Bonchev–Trinajstić information content (AvgIpc) is 2.57. The van der Waals surface area contributed by atoms with Crippen molar-refractivity contribution in [2.45, 2.75) is 13.5 Å². The Kier molecular flexibility index (Phi) is 5.11. The lowest BCUT2D eigenvalue weighted by molar-refractivity contribution is -0.138. The number of hydrogen-bond acceptors (Lipinski definition) is 4. The van der Waals surface area contributed by atoms with Crippen LogP contribution in [0, 0.1) is 6.92 Å². The second-order valence-electron chi connectivity index (χ2n) is 3.98. The van der Waals surface area contributed by atoms with Crippen LogP contribution in [0.4, 0.5) is 0 Å². The molecule has 1 heterocycles. The quantitative estimate of drug-likeness (QED) is 0.741. The molecular weight excluding hydrogens is 222 g/mol. The van der Waals surface area contributed by atoms with Crippen LogP contribution in [0.2, 0.25) is 0 Å². The number of methoxy groups -OCH3 is 1. The van der Waals surface area contributed by atoms with Crippen molar-refractivity contribution in [3.05, 3.63) is 17.5 Å². The molecule has 0 saturated heterocycles. The molecule has 1 aromatic rings. The van der Waals surface area contributed by atoms with Crippen LogP contribution in [-0.4, -0.2) is 52.6 Å². The largest absolute Gasteiger partial charge is 0.480 e. The van der Waals surface area contributed by atoms with E-state index in [4.69, 9.17) is 9.84 Å². The molecule has 0 bridgehead atoms. The first-order chi connectivity index (χ1) is 8.04. The predicted molar refractivity (Wildman–Crippen MR) is 62.7 cm³/mol. The second kappa shape index (κ2) is 6.36. The molecule has 0 atom stereocenters. The van der Waals surface area contributed by atoms with Crippen LogP contribution in [0.15, 0.2) is 6.20 Å². The molecule has 6 nitrogen and oxygen atoms in total. The van der Waals surface area contributed by atoms with Gasteiger partial charge in [-0.15, -0.1) is 0 Å². The number of aliphatic carboxylic acids is 1. The molecule has 0 radical (unpaired) electrons. The normalized spacial score (nSPS) is 11.1. The predicted octanol–water partition coefficient (Wildman–Crippen LogP) is 0.262. The van der Waals surface area contributed by atoms with Gasteiger partial charge in [-0.25, -0.2) is 0 Å². The van der Waals surface area contributed by atoms with E-state index in [0.717, 1.165) is 11.3 Å². The molecule has 0 unspecified atom stereocenters. The smallest absolute Gasteiger partial charge is 0.317 e. The molecule has 6 heteroatoms. The van der Waals surface area contributed by atoms with Gasteiger partial charge in [-0.1, -0.05) is 0 Å². The highest BCUT2D eigenvalue weighted by molar-refractivity contribution is 5.69. The highest BCUT2D eigenvalue weighted by Crippen LogP contribution is 2.09. The number of aryl methyl sites for hydroxylation is 1. The molecule has 0 aliphatic rings. The van der Waals surface area contributed by atoms with Crippen molar-refractivity contribution in [2.24, 2.45) is 7.05 Å². The van der Waals surface area contributed by atoms with Crippen molar-refractivity contribution < 1.29 is 14.6 Å². The van der Waals surface area contributed by atoms with Crippen LogP contribution >= 0.6 is 0 Å². The summed E-state index contributed by atoms with van der Waals surface area (Å²) in [7, 11) is 3.48. The third-order valence-corrected chi connectivity index (χ3v) is 2.70. The number of rotatable bonds is 7.